The zero-order valence-corrected chi connectivity index (χ0v) is 20.0. The summed E-state index contributed by atoms with van der Waals surface area (Å²) in [6.07, 6.45) is 3.26. The van der Waals surface area contributed by atoms with Crippen molar-refractivity contribution in [2.75, 3.05) is 10.6 Å². The summed E-state index contributed by atoms with van der Waals surface area (Å²) in [5, 5.41) is 6.03. The maximum atomic E-state index is 14.9. The lowest BCUT2D eigenvalue weighted by Crippen LogP contribution is -2.16. The third kappa shape index (κ3) is 5.49. The van der Waals surface area contributed by atoms with E-state index in [0.717, 1.165) is 12.1 Å². The van der Waals surface area contributed by atoms with Crippen molar-refractivity contribution in [1.82, 2.24) is 15.0 Å². The first-order valence-corrected chi connectivity index (χ1v) is 10.8. The topological polar surface area (TPSA) is 91.9 Å². The minimum absolute atomic E-state index is 0. The number of benzene rings is 2. The van der Waals surface area contributed by atoms with Gasteiger partial charge >= 0.3 is 0 Å². The van der Waals surface area contributed by atoms with Crippen LogP contribution in [0.3, 0.4) is 0 Å². The van der Waals surface area contributed by atoms with Gasteiger partial charge in [-0.3, -0.25) is 4.79 Å². The summed E-state index contributed by atoms with van der Waals surface area (Å²) in [4.78, 5) is 24.3. The number of aromatic nitrogens is 3. The molecule has 3 heterocycles. The molecule has 11 heteroatoms. The fraction of sp³-hybridized carbons (Fsp3) is 0.0385. The van der Waals surface area contributed by atoms with Gasteiger partial charge in [0.15, 0.2) is 11.6 Å². The molecule has 0 saturated carbocycles. The molecule has 3 aromatic heterocycles. The van der Waals surface area contributed by atoms with Crippen LogP contribution in [0.5, 0.6) is 11.5 Å². The molecule has 0 aliphatic rings. The highest BCUT2D eigenvalue weighted by Crippen LogP contribution is 2.32. The first kappa shape index (κ1) is 25.5. The molecule has 5 rings (SSSR count). The maximum Gasteiger partial charge on any atom is 0.259 e. The lowest BCUT2D eigenvalue weighted by atomic mass is 10.2. The number of fused-ring (bicyclic) bond motifs is 1. The summed E-state index contributed by atoms with van der Waals surface area (Å²) >= 11 is 0. The monoisotopic (exact) mass is 525 g/mol. The Morgan fingerprint density at radius 1 is 0.946 bits per heavy atom. The molecule has 1 amide bonds. The molecule has 0 saturated heterocycles. The van der Waals surface area contributed by atoms with Gasteiger partial charge in [0.25, 0.3) is 5.91 Å². The van der Waals surface area contributed by atoms with Crippen molar-refractivity contribution in [3.05, 3.63) is 102 Å². The van der Waals surface area contributed by atoms with E-state index in [1.165, 1.54) is 18.2 Å². The molecular formula is C26H19ClF3N5O2. The molecular weight excluding hydrogens is 507 g/mol. The maximum absolute atomic E-state index is 14.9. The summed E-state index contributed by atoms with van der Waals surface area (Å²) in [6, 6.07) is 13.6. The van der Waals surface area contributed by atoms with Crippen molar-refractivity contribution in [3.8, 4) is 11.5 Å². The second kappa shape index (κ2) is 10.6. The van der Waals surface area contributed by atoms with E-state index in [0.29, 0.717) is 34.2 Å². The predicted molar refractivity (Wildman–Crippen MR) is 136 cm³/mol. The van der Waals surface area contributed by atoms with Crippen molar-refractivity contribution < 1.29 is 22.7 Å². The van der Waals surface area contributed by atoms with E-state index in [4.69, 9.17) is 4.74 Å². The molecule has 0 atom stereocenters. The number of H-pyrrole nitrogens is 1. The molecule has 3 N–H and O–H groups in total. The molecule has 0 fully saturated rings. The van der Waals surface area contributed by atoms with Crippen molar-refractivity contribution in [2.45, 2.75) is 6.92 Å². The number of hydrogen-bond acceptors (Lipinski definition) is 5. The van der Waals surface area contributed by atoms with Crippen LogP contribution >= 0.6 is 12.4 Å². The minimum atomic E-state index is -0.915. The van der Waals surface area contributed by atoms with Gasteiger partial charge in [-0.05, 0) is 55.5 Å². The van der Waals surface area contributed by atoms with Crippen LogP contribution in [-0.4, -0.2) is 20.9 Å². The molecule has 5 aromatic rings. The molecule has 37 heavy (non-hydrogen) atoms. The number of anilines is 3. The molecule has 0 bridgehead atoms. The number of amides is 1. The van der Waals surface area contributed by atoms with E-state index in [2.05, 4.69) is 25.6 Å². The number of nitrogens with zero attached hydrogens (tertiary/aromatic N) is 2. The Balaban J connectivity index is 0.00000320. The lowest BCUT2D eigenvalue weighted by Gasteiger charge is -2.14. The first-order chi connectivity index (χ1) is 17.4. The van der Waals surface area contributed by atoms with Crippen LogP contribution in [0.2, 0.25) is 0 Å². The summed E-state index contributed by atoms with van der Waals surface area (Å²) in [6.45, 7) is 1.72. The quantitative estimate of drug-likeness (QED) is 0.224. The summed E-state index contributed by atoms with van der Waals surface area (Å²) in [5.74, 6) is -2.44. The minimum Gasteiger partial charge on any atom is -0.453 e. The number of rotatable bonds is 6. The van der Waals surface area contributed by atoms with Crippen molar-refractivity contribution in [2.24, 2.45) is 0 Å². The zero-order valence-electron chi connectivity index (χ0n) is 19.2. The Labute approximate surface area is 215 Å². The molecule has 2 aromatic carbocycles. The van der Waals surface area contributed by atoms with E-state index in [9.17, 15) is 18.0 Å². The van der Waals surface area contributed by atoms with E-state index in [1.54, 1.807) is 43.6 Å². The summed E-state index contributed by atoms with van der Waals surface area (Å²) in [5.41, 5.74) is 1.41. The Morgan fingerprint density at radius 3 is 2.57 bits per heavy atom. The van der Waals surface area contributed by atoms with Gasteiger partial charge in [-0.15, -0.1) is 12.4 Å². The van der Waals surface area contributed by atoms with Crippen molar-refractivity contribution in [3.63, 3.8) is 0 Å². The third-order valence-electron chi connectivity index (χ3n) is 5.29. The highest BCUT2D eigenvalue weighted by atomic mass is 35.5. The van der Waals surface area contributed by atoms with Gasteiger partial charge in [-0.2, -0.15) is 0 Å². The summed E-state index contributed by atoms with van der Waals surface area (Å²) < 4.78 is 47.8. The number of aryl methyl sites for hydroxylation is 1. The van der Waals surface area contributed by atoms with Crippen LogP contribution < -0.4 is 15.4 Å². The smallest absolute Gasteiger partial charge is 0.259 e. The van der Waals surface area contributed by atoms with Crippen LogP contribution in [0.1, 0.15) is 16.1 Å². The van der Waals surface area contributed by atoms with Crippen LogP contribution in [0.4, 0.5) is 30.4 Å². The zero-order chi connectivity index (χ0) is 25.2. The number of hydrogen-bond donors (Lipinski definition) is 3. The molecule has 0 radical (unpaired) electrons. The van der Waals surface area contributed by atoms with Crippen LogP contribution in [0.25, 0.3) is 11.0 Å². The average molecular weight is 526 g/mol. The normalized spacial score (nSPS) is 10.6. The van der Waals surface area contributed by atoms with Gasteiger partial charge < -0.3 is 20.4 Å². The van der Waals surface area contributed by atoms with Crippen LogP contribution in [0.15, 0.2) is 73.1 Å². The number of pyridine rings is 2. The van der Waals surface area contributed by atoms with E-state index in [1.807, 2.05) is 0 Å². The lowest BCUT2D eigenvalue weighted by molar-refractivity contribution is 0.102. The first-order valence-electron chi connectivity index (χ1n) is 10.8. The molecule has 188 valence electrons. The number of nitrogens with one attached hydrogen (secondary N) is 3. The van der Waals surface area contributed by atoms with Gasteiger partial charge in [0, 0.05) is 35.9 Å². The Morgan fingerprint density at radius 2 is 1.78 bits per heavy atom. The predicted octanol–water partition coefficient (Wildman–Crippen LogP) is 6.89. The fourth-order valence-electron chi connectivity index (χ4n) is 3.56. The van der Waals surface area contributed by atoms with Crippen LogP contribution in [0, 0.1) is 24.4 Å². The Bertz CT molecular complexity index is 1610. The third-order valence-corrected chi connectivity index (χ3v) is 5.29. The molecule has 0 spiro atoms. The van der Waals surface area contributed by atoms with Gasteiger partial charge in [-0.25, -0.2) is 23.1 Å². The standard InChI is InChI=1S/C26H18F3N5O2.ClH/c1-14-2-5-18(26(35)34-21-6-3-15(27)12-19(21)28)25(32-14)33-16-4-7-23(20(29)13-16)36-22-9-11-31-24-17(22)8-10-30-24;/h2-13H,1H3,(H,30,31)(H,32,33)(H,34,35);1H. The second-order valence-corrected chi connectivity index (χ2v) is 7.85. The average Bonchev–Trinajstić information content (AvgIpc) is 3.33. The molecule has 0 aliphatic carbocycles. The Hall–Kier alpha value is -4.57. The number of aromatic amines is 1. The molecule has 0 unspecified atom stereocenters. The molecule has 0 aliphatic heterocycles. The number of halogens is 4. The fourth-order valence-corrected chi connectivity index (χ4v) is 3.56. The van der Waals surface area contributed by atoms with Gasteiger partial charge in [-0.1, -0.05) is 0 Å². The van der Waals surface area contributed by atoms with Gasteiger partial charge in [0.2, 0.25) is 0 Å². The SMILES string of the molecule is Cc1ccc(C(=O)Nc2ccc(F)cc2F)c(Nc2ccc(Oc3ccnc4[nH]ccc34)c(F)c2)n1.Cl. The van der Waals surface area contributed by atoms with E-state index >= 15 is 0 Å². The highest BCUT2D eigenvalue weighted by molar-refractivity contribution is 6.07. The number of ether oxygens (including phenoxy) is 1. The van der Waals surface area contributed by atoms with Gasteiger partial charge in [0.05, 0.1) is 16.6 Å². The van der Waals surface area contributed by atoms with Crippen molar-refractivity contribution in [1.29, 1.82) is 0 Å². The van der Waals surface area contributed by atoms with Crippen LogP contribution in [-0.2, 0) is 0 Å². The van der Waals surface area contributed by atoms with Crippen molar-refractivity contribution >= 4 is 46.5 Å². The van der Waals surface area contributed by atoms with E-state index < -0.39 is 23.4 Å². The summed E-state index contributed by atoms with van der Waals surface area (Å²) in [7, 11) is 0. The number of carbonyl (C=O) groups is 1. The second-order valence-electron chi connectivity index (χ2n) is 7.85. The van der Waals surface area contributed by atoms with Gasteiger partial charge in [0.1, 0.15) is 28.8 Å². The van der Waals surface area contributed by atoms with E-state index in [-0.39, 0.29) is 35.2 Å². The largest absolute Gasteiger partial charge is 0.453 e. The highest BCUT2D eigenvalue weighted by Gasteiger charge is 2.17. The molecule has 7 nitrogen and oxygen atoms in total. The number of carbonyl (C=O) groups excluding carboxylic acids is 1. The Kier molecular flexibility index (Phi) is 7.30.